The second-order valence-corrected chi connectivity index (χ2v) is 20.0. The third-order valence-electron chi connectivity index (χ3n) is 8.88. The summed E-state index contributed by atoms with van der Waals surface area (Å²) in [6, 6.07) is 1.39. The van der Waals surface area contributed by atoms with E-state index in [1.807, 2.05) is 20.9 Å². The molecule has 4 aliphatic heterocycles. The first kappa shape index (κ1) is 81.3. The molecule has 520 valence electrons. The van der Waals surface area contributed by atoms with Crippen molar-refractivity contribution in [3.63, 3.8) is 0 Å². The molecular formula is C42H59N25O24S4. The number of amidine groups is 1. The maximum atomic E-state index is 10.5. The van der Waals surface area contributed by atoms with Crippen LogP contribution in [0.5, 0.6) is 0 Å². The quantitative estimate of drug-likeness (QED) is 0.0525. The van der Waals surface area contributed by atoms with E-state index in [1.54, 1.807) is 76.3 Å². The van der Waals surface area contributed by atoms with E-state index < -0.39 is 64.0 Å². The molecule has 0 bridgehead atoms. The molecule has 9 aromatic heterocycles. The fraction of sp³-hybridized carbons (Fsp3) is 0.405. The monoisotopic (exact) mass is 1430 g/mol. The number of aromatic nitrogens is 20. The summed E-state index contributed by atoms with van der Waals surface area (Å²) in [5, 5.41) is 37.8. The van der Waals surface area contributed by atoms with Gasteiger partial charge < -0.3 is 32.1 Å². The number of nitrogens with zero attached hydrogens (tertiary/aromatic N) is 12. The summed E-state index contributed by atoms with van der Waals surface area (Å²) in [6.45, 7) is 20.0. The molecule has 13 rings (SSSR count). The Kier molecular flexibility index (Phi) is 36.2. The second kappa shape index (κ2) is 42.3. The molecule has 0 radical (unpaired) electrons. The number of hydrogen-bond acceptors (Lipinski definition) is 37. The van der Waals surface area contributed by atoms with Crippen LogP contribution in [-0.4, -0.2) is 157 Å². The standard InChI is InChI=1S/C4H7N3O.2C4H5NO3.C4H5NO2S.C4H5NO2.C3H4N2O3.3C3H4N2O2.2C3H4N2OS.C2H4N4.C2H4N2O2S/c1-3-5-6-4(8)7(3)2;1-2-3(6)5-4(7)8-2;1-2-3(6)5-8-4(2)7;1-2-3(6)5-4(7)8-2;1-3-2-4(6)5-7-3;1-5-2(6)4-3(7)8-5;1-2-4-5-3(6)7-2;1-2-4-3(6)5-7-2;2*1-2-4-3(6)7-5-2;1-2-4-3(7)6-5-2;1-2-3-5-6-4-2;1-2-3-6-7(5)4-2/h1-2H3,(H,6,8);2H,1H3,(H,5,6,7);2H,1H3,(H,5,6);2H,1H3,(H,5,6,7);2H,1H3,(H,5,6);1H3,(H,4,6,7);2*1H3,(H,5,6);2*1H3,(H,4,5,6);1H3,(H,4,5,7);1H3,(H,3,4,5,6);1H3,(H,3,4). The van der Waals surface area contributed by atoms with E-state index in [2.05, 4.69) is 149 Å². The Balaban J connectivity index is 0.000000515. The summed E-state index contributed by atoms with van der Waals surface area (Å²) in [6.07, 6.45) is -1.26. The fourth-order valence-corrected chi connectivity index (χ4v) is 6.18. The van der Waals surface area contributed by atoms with Gasteiger partial charge in [0.2, 0.25) is 17.7 Å². The van der Waals surface area contributed by atoms with Gasteiger partial charge in [-0.15, -0.1) is 19.7 Å². The minimum absolute atomic E-state index is 0.0856. The Labute approximate surface area is 540 Å². The van der Waals surface area contributed by atoms with E-state index >= 15 is 0 Å². The average molecular weight is 1430 g/mol. The molecule has 3 fully saturated rings. The minimum atomic E-state index is -1.48. The summed E-state index contributed by atoms with van der Waals surface area (Å²) in [7, 11) is 3.02. The zero-order valence-electron chi connectivity index (χ0n) is 51.6. The predicted octanol–water partition coefficient (Wildman–Crippen LogP) is -3.21. The highest BCUT2D eigenvalue weighted by molar-refractivity contribution is 8.15. The van der Waals surface area contributed by atoms with Crippen molar-refractivity contribution in [2.75, 3.05) is 0 Å². The largest absolute Gasteiger partial charge is 0.440 e. The lowest BCUT2D eigenvalue weighted by molar-refractivity contribution is -0.145. The van der Waals surface area contributed by atoms with Gasteiger partial charge in [0, 0.05) is 38.5 Å². The lowest BCUT2D eigenvalue weighted by Crippen LogP contribution is -2.22. The highest BCUT2D eigenvalue weighted by atomic mass is 32.2. The van der Waals surface area contributed by atoms with Crippen molar-refractivity contribution < 1.29 is 73.9 Å². The molecule has 3 saturated heterocycles. The normalized spacial score (nSPS) is 15.5. The van der Waals surface area contributed by atoms with Gasteiger partial charge in [-0.25, -0.2) is 68.4 Å². The topological polar surface area (TPSA) is 691 Å². The lowest BCUT2D eigenvalue weighted by Gasteiger charge is -1.91. The predicted molar refractivity (Wildman–Crippen MR) is 319 cm³/mol. The van der Waals surface area contributed by atoms with Gasteiger partial charge in [0.05, 0.1) is 12.3 Å². The zero-order valence-corrected chi connectivity index (χ0v) is 54.9. The van der Waals surface area contributed by atoms with E-state index in [1.165, 1.54) is 31.5 Å². The van der Waals surface area contributed by atoms with E-state index in [0.29, 0.717) is 52.5 Å². The molecule has 9 aromatic rings. The number of nitrogens with one attached hydrogen (secondary N) is 13. The summed E-state index contributed by atoms with van der Waals surface area (Å²) in [5.41, 5.74) is 2.94. The number of hydroxylamine groups is 2. The Hall–Kier alpha value is -11.7. The van der Waals surface area contributed by atoms with Crippen LogP contribution in [0.4, 0.5) is 9.59 Å². The molecule has 49 nitrogen and oxygen atoms in total. The van der Waals surface area contributed by atoms with Crippen LogP contribution in [0.1, 0.15) is 74.4 Å². The van der Waals surface area contributed by atoms with E-state index in [-0.39, 0.29) is 49.2 Å². The van der Waals surface area contributed by atoms with E-state index in [4.69, 9.17) is 0 Å². The third-order valence-corrected chi connectivity index (χ3v) is 11.2. The van der Waals surface area contributed by atoms with Gasteiger partial charge in [0.15, 0.2) is 11.9 Å². The number of alkyl carbamates (subject to hydrolysis) is 1. The van der Waals surface area contributed by atoms with Crippen molar-refractivity contribution in [1.29, 1.82) is 0 Å². The summed E-state index contributed by atoms with van der Waals surface area (Å²) in [5.74, 6) is 1.41. The highest BCUT2D eigenvalue weighted by Gasteiger charge is 2.31. The molecule has 4 unspecified atom stereocenters. The molecule has 4 atom stereocenters. The zero-order chi connectivity index (χ0) is 72.1. The van der Waals surface area contributed by atoms with Crippen LogP contribution < -0.4 is 66.4 Å². The summed E-state index contributed by atoms with van der Waals surface area (Å²) >= 11 is 5.02. The van der Waals surface area contributed by atoms with Gasteiger partial charge in [-0.05, 0) is 81.5 Å². The fourth-order valence-electron chi connectivity index (χ4n) is 4.40. The minimum Gasteiger partial charge on any atom is -0.436 e. The van der Waals surface area contributed by atoms with Gasteiger partial charge in [0.25, 0.3) is 22.6 Å². The van der Waals surface area contributed by atoms with Crippen molar-refractivity contribution >= 4 is 87.6 Å². The molecule has 0 aliphatic carbocycles. The molecule has 0 aromatic carbocycles. The number of cyclic esters (lactones) is 1. The maximum Gasteiger partial charge on any atom is 0.440 e. The van der Waals surface area contributed by atoms with E-state index in [9.17, 15) is 71.3 Å². The number of hydrogen-bond donors (Lipinski definition) is 13. The molecule has 5 amide bonds. The number of aryl methyl sites for hydroxylation is 9. The number of rotatable bonds is 0. The lowest BCUT2D eigenvalue weighted by atomic mass is 10.2. The van der Waals surface area contributed by atoms with Gasteiger partial charge in [-0.3, -0.25) is 58.5 Å². The maximum absolute atomic E-state index is 10.5. The Morgan fingerprint density at radius 3 is 1.48 bits per heavy atom. The number of tetrazole rings is 1. The van der Waals surface area contributed by atoms with E-state index in [0.717, 1.165) is 28.0 Å². The van der Waals surface area contributed by atoms with Crippen LogP contribution in [0, 0.1) is 66.1 Å². The van der Waals surface area contributed by atoms with Crippen molar-refractivity contribution in [2.45, 2.75) is 94.4 Å². The number of ether oxygens (including phenoxy) is 1. The van der Waals surface area contributed by atoms with Crippen molar-refractivity contribution in [2.24, 2.45) is 24.4 Å². The van der Waals surface area contributed by atoms with Gasteiger partial charge in [-0.2, -0.15) is 49.5 Å². The molecule has 95 heavy (non-hydrogen) atoms. The van der Waals surface area contributed by atoms with Crippen molar-refractivity contribution in [3.8, 4) is 0 Å². The summed E-state index contributed by atoms with van der Waals surface area (Å²) in [4.78, 5) is 161. The number of carbonyl (C=O) groups excluding carboxylic acids is 6. The van der Waals surface area contributed by atoms with Crippen LogP contribution in [0.3, 0.4) is 0 Å². The Morgan fingerprint density at radius 1 is 0.663 bits per heavy atom. The highest BCUT2D eigenvalue weighted by Crippen LogP contribution is 2.17. The number of H-pyrrole nitrogens is 9. The smallest absolute Gasteiger partial charge is 0.436 e. The second-order valence-electron chi connectivity index (χ2n) is 16.8. The molecule has 0 spiro atoms. The number of aromatic amines is 9. The average Bonchev–Trinajstić information content (AvgIpc) is 2.38. The van der Waals surface area contributed by atoms with Crippen LogP contribution >= 0.6 is 35.5 Å². The first-order valence-corrected chi connectivity index (χ1v) is 28.3. The number of carbonyl (C=O) groups is 6. The van der Waals surface area contributed by atoms with Gasteiger partial charge in [-0.1, -0.05) is 22.1 Å². The third kappa shape index (κ3) is 36.6. The van der Waals surface area contributed by atoms with Gasteiger partial charge >= 0.3 is 67.4 Å². The van der Waals surface area contributed by atoms with Crippen LogP contribution in [0.15, 0.2) is 75.9 Å². The van der Waals surface area contributed by atoms with Crippen LogP contribution in [0.2, 0.25) is 0 Å². The molecule has 53 heteroatoms. The molecule has 0 saturated carbocycles. The number of thioether (sulfide) groups is 1. The Morgan fingerprint density at radius 2 is 1.35 bits per heavy atom. The molecule has 13 heterocycles. The number of imide groups is 2. The SMILES string of the molecule is CC1=NS(=O)ON1.CC1C(=O)NOC1=O.CC1OC(=O)NC1=O.CC1SC(=O)NC1=O.Cc1cc(=O)[nH]o1.Cc1n[nH]c(=O)n1C.Cc1n[nH]c(=O)o1.Cc1nc(=O)[nH]o1.Cc1nc(=S)o[nH]1.Cc1nn[nH]n1.Cc1noc(=O)[nH]1.Cc1nsc(=O)[nH]1.Cn1oc(=O)[nH]c1=O. The first-order valence-electron chi connectivity index (χ1n) is 25.2. The molecular weight excluding hydrogens is 1370 g/mol. The molecule has 13 N–H and O–H groups in total. The van der Waals surface area contributed by atoms with Crippen molar-refractivity contribution in [3.05, 3.63) is 141 Å². The van der Waals surface area contributed by atoms with Crippen molar-refractivity contribution in [1.82, 2.24) is 122 Å². The van der Waals surface area contributed by atoms with Crippen LogP contribution in [0.25, 0.3) is 0 Å². The van der Waals surface area contributed by atoms with Crippen LogP contribution in [-0.2, 0) is 58.4 Å². The number of amides is 5. The van der Waals surface area contributed by atoms with Gasteiger partial charge in [0.1, 0.15) is 40.8 Å². The Bertz CT molecular complexity index is 4020. The first-order chi connectivity index (χ1) is 44.4. The summed E-state index contributed by atoms with van der Waals surface area (Å²) < 4.78 is 54.3. The molecule has 4 aliphatic rings.